The maximum absolute atomic E-state index is 5.52. The molecule has 108 valence electrons. The molecule has 4 heteroatoms. The maximum Gasteiger partial charge on any atom is 0.0593 e. The van der Waals surface area contributed by atoms with Crippen molar-refractivity contribution in [2.75, 3.05) is 59.4 Å². The molecule has 1 N–H and O–H groups in total. The molecule has 0 aliphatic rings. The summed E-state index contributed by atoms with van der Waals surface area (Å²) in [6.07, 6.45) is 0. The third kappa shape index (κ3) is 7.15. The Morgan fingerprint density at radius 3 is 2.26 bits per heavy atom. The van der Waals surface area contributed by atoms with Gasteiger partial charge in [-0.25, -0.2) is 0 Å². The molecular formula is C15H27N3O. The summed E-state index contributed by atoms with van der Waals surface area (Å²) >= 11 is 0. The summed E-state index contributed by atoms with van der Waals surface area (Å²) in [5.41, 5.74) is 2.54. The van der Waals surface area contributed by atoms with E-state index >= 15 is 0 Å². The van der Waals surface area contributed by atoms with E-state index in [4.69, 9.17) is 4.74 Å². The second-order valence-electron chi connectivity index (χ2n) is 5.15. The first-order chi connectivity index (χ1) is 9.09. The second kappa shape index (κ2) is 8.91. The lowest BCUT2D eigenvalue weighted by Gasteiger charge is -2.13. The van der Waals surface area contributed by atoms with Crippen molar-refractivity contribution in [2.24, 2.45) is 0 Å². The number of benzene rings is 1. The number of nitrogens with zero attached hydrogens (tertiary/aromatic N) is 2. The van der Waals surface area contributed by atoms with E-state index in [2.05, 4.69) is 67.6 Å². The summed E-state index contributed by atoms with van der Waals surface area (Å²) in [7, 11) is 8.22. The monoisotopic (exact) mass is 265 g/mol. The number of rotatable bonds is 9. The van der Waals surface area contributed by atoms with Crippen LogP contribution in [0.4, 0.5) is 5.69 Å². The molecule has 0 saturated heterocycles. The number of ether oxygens (including phenoxy) is 1. The summed E-state index contributed by atoms with van der Waals surface area (Å²) in [4.78, 5) is 4.23. The van der Waals surface area contributed by atoms with Crippen LogP contribution in [0.1, 0.15) is 5.56 Å². The van der Waals surface area contributed by atoms with Crippen LogP contribution in [-0.4, -0.2) is 59.4 Å². The molecule has 0 aliphatic heterocycles. The molecule has 0 amide bonds. The fourth-order valence-electron chi connectivity index (χ4n) is 1.64. The minimum atomic E-state index is 0.767. The quantitative estimate of drug-likeness (QED) is 0.684. The maximum atomic E-state index is 5.52. The van der Waals surface area contributed by atoms with Gasteiger partial charge in [-0.05, 0) is 31.8 Å². The largest absolute Gasteiger partial charge is 0.379 e. The van der Waals surface area contributed by atoms with Gasteiger partial charge in [-0.15, -0.1) is 0 Å². The third-order valence-electron chi connectivity index (χ3n) is 2.89. The highest BCUT2D eigenvalue weighted by Crippen LogP contribution is 2.11. The zero-order valence-corrected chi connectivity index (χ0v) is 12.6. The van der Waals surface area contributed by atoms with Gasteiger partial charge in [0.25, 0.3) is 0 Å². The lowest BCUT2D eigenvalue weighted by molar-refractivity contribution is 0.119. The van der Waals surface area contributed by atoms with Gasteiger partial charge in [-0.3, -0.25) is 0 Å². The summed E-state index contributed by atoms with van der Waals surface area (Å²) in [5, 5.41) is 3.39. The minimum absolute atomic E-state index is 0.767. The molecule has 0 atom stereocenters. The van der Waals surface area contributed by atoms with E-state index in [9.17, 15) is 0 Å². The first-order valence-corrected chi connectivity index (χ1v) is 6.79. The van der Waals surface area contributed by atoms with E-state index in [-0.39, 0.29) is 0 Å². The first-order valence-electron chi connectivity index (χ1n) is 6.79. The van der Waals surface area contributed by atoms with Crippen molar-refractivity contribution in [1.29, 1.82) is 0 Å². The average molecular weight is 265 g/mol. The van der Waals surface area contributed by atoms with Gasteiger partial charge in [0.15, 0.2) is 0 Å². The van der Waals surface area contributed by atoms with Gasteiger partial charge in [0.1, 0.15) is 0 Å². The summed E-state index contributed by atoms with van der Waals surface area (Å²) in [6, 6.07) is 8.61. The Bertz CT molecular complexity index is 336. The lowest BCUT2D eigenvalue weighted by atomic mass is 10.2. The van der Waals surface area contributed by atoms with E-state index in [0.29, 0.717) is 0 Å². The van der Waals surface area contributed by atoms with Gasteiger partial charge in [0, 0.05) is 39.4 Å². The zero-order valence-electron chi connectivity index (χ0n) is 12.6. The van der Waals surface area contributed by atoms with Gasteiger partial charge in [-0.2, -0.15) is 0 Å². The van der Waals surface area contributed by atoms with Crippen LogP contribution in [0.5, 0.6) is 0 Å². The Morgan fingerprint density at radius 1 is 1.00 bits per heavy atom. The Kier molecular flexibility index (Phi) is 7.48. The van der Waals surface area contributed by atoms with Crippen molar-refractivity contribution in [1.82, 2.24) is 10.2 Å². The summed E-state index contributed by atoms with van der Waals surface area (Å²) in [6.45, 7) is 4.33. The fraction of sp³-hybridized carbons (Fsp3) is 0.600. The van der Waals surface area contributed by atoms with Gasteiger partial charge in [0.05, 0.1) is 13.2 Å². The van der Waals surface area contributed by atoms with Crippen molar-refractivity contribution < 1.29 is 4.74 Å². The molecule has 1 aromatic rings. The van der Waals surface area contributed by atoms with Crippen LogP contribution in [0, 0.1) is 0 Å². The van der Waals surface area contributed by atoms with Gasteiger partial charge < -0.3 is 19.9 Å². The van der Waals surface area contributed by atoms with E-state index in [1.54, 1.807) is 0 Å². The highest BCUT2D eigenvalue weighted by Gasteiger charge is 1.96. The topological polar surface area (TPSA) is 27.7 Å². The van der Waals surface area contributed by atoms with Crippen molar-refractivity contribution >= 4 is 5.69 Å². The second-order valence-corrected chi connectivity index (χ2v) is 5.15. The molecule has 0 saturated carbocycles. The molecule has 0 fully saturated rings. The van der Waals surface area contributed by atoms with Crippen LogP contribution < -0.4 is 10.2 Å². The summed E-state index contributed by atoms with van der Waals surface area (Å²) in [5.74, 6) is 0. The van der Waals surface area contributed by atoms with E-state index in [1.807, 2.05) is 0 Å². The molecule has 0 bridgehead atoms. The minimum Gasteiger partial charge on any atom is -0.379 e. The zero-order chi connectivity index (χ0) is 14.1. The smallest absolute Gasteiger partial charge is 0.0593 e. The van der Waals surface area contributed by atoms with Crippen LogP contribution >= 0.6 is 0 Å². The standard InChI is InChI=1S/C15H27N3O/c1-17(2)10-12-19-11-9-16-13-14-5-7-15(8-6-14)18(3)4/h5-8,16H,9-13H2,1-4H3. The predicted molar refractivity (Wildman–Crippen MR) is 81.8 cm³/mol. The molecule has 0 spiro atoms. The molecule has 0 heterocycles. The molecule has 4 nitrogen and oxygen atoms in total. The average Bonchev–Trinajstić information content (AvgIpc) is 2.38. The van der Waals surface area contributed by atoms with Gasteiger partial charge >= 0.3 is 0 Å². The number of hydrogen-bond acceptors (Lipinski definition) is 4. The molecular weight excluding hydrogens is 238 g/mol. The van der Waals surface area contributed by atoms with Crippen LogP contribution in [0.25, 0.3) is 0 Å². The Hall–Kier alpha value is -1.10. The first kappa shape index (κ1) is 16.0. The number of hydrogen-bond donors (Lipinski definition) is 1. The van der Waals surface area contributed by atoms with Crippen molar-refractivity contribution in [3.8, 4) is 0 Å². The van der Waals surface area contributed by atoms with Gasteiger partial charge in [-0.1, -0.05) is 12.1 Å². The van der Waals surface area contributed by atoms with Crippen LogP contribution in [0.15, 0.2) is 24.3 Å². The van der Waals surface area contributed by atoms with E-state index in [1.165, 1.54) is 11.3 Å². The normalized spacial score (nSPS) is 11.0. The van der Waals surface area contributed by atoms with E-state index < -0.39 is 0 Å². The Balaban J connectivity index is 2.09. The molecule has 1 rings (SSSR count). The van der Waals surface area contributed by atoms with Crippen LogP contribution in [0.3, 0.4) is 0 Å². The van der Waals surface area contributed by atoms with E-state index in [0.717, 1.165) is 32.8 Å². The number of nitrogens with one attached hydrogen (secondary N) is 1. The van der Waals surface area contributed by atoms with Crippen molar-refractivity contribution in [3.05, 3.63) is 29.8 Å². The fourth-order valence-corrected chi connectivity index (χ4v) is 1.64. The highest BCUT2D eigenvalue weighted by molar-refractivity contribution is 5.45. The molecule has 19 heavy (non-hydrogen) atoms. The van der Waals surface area contributed by atoms with Crippen LogP contribution in [-0.2, 0) is 11.3 Å². The predicted octanol–water partition coefficient (Wildman–Crippen LogP) is 1.42. The third-order valence-corrected chi connectivity index (χ3v) is 2.89. The molecule has 0 radical (unpaired) electrons. The molecule has 0 aliphatic carbocycles. The molecule has 1 aromatic carbocycles. The number of anilines is 1. The van der Waals surface area contributed by atoms with Crippen LogP contribution in [0.2, 0.25) is 0 Å². The Labute approximate surface area is 117 Å². The SMILES string of the molecule is CN(C)CCOCCNCc1ccc(N(C)C)cc1. The van der Waals surface area contributed by atoms with Crippen molar-refractivity contribution in [2.45, 2.75) is 6.54 Å². The number of likely N-dealkylation sites (N-methyl/N-ethyl adjacent to an activating group) is 1. The Morgan fingerprint density at radius 2 is 1.68 bits per heavy atom. The van der Waals surface area contributed by atoms with Gasteiger partial charge in [0.2, 0.25) is 0 Å². The molecule has 0 aromatic heterocycles. The lowest BCUT2D eigenvalue weighted by Crippen LogP contribution is -2.23. The summed E-state index contributed by atoms with van der Waals surface area (Å²) < 4.78 is 5.52. The highest BCUT2D eigenvalue weighted by atomic mass is 16.5. The van der Waals surface area contributed by atoms with Crippen molar-refractivity contribution in [3.63, 3.8) is 0 Å². The molecule has 0 unspecified atom stereocenters.